The van der Waals surface area contributed by atoms with Gasteiger partial charge in [0.1, 0.15) is 18.1 Å². The van der Waals surface area contributed by atoms with Gasteiger partial charge >= 0.3 is 0 Å². The normalized spacial score (nSPS) is 18.7. The number of oxazole rings is 1. The summed E-state index contributed by atoms with van der Waals surface area (Å²) in [6.45, 7) is 4.95. The fraction of sp³-hybridized carbons (Fsp3) is 0.421. The van der Waals surface area contributed by atoms with Crippen molar-refractivity contribution in [2.24, 2.45) is 5.92 Å². The molecule has 3 aromatic rings. The summed E-state index contributed by atoms with van der Waals surface area (Å²) in [5.41, 5.74) is 1.98. The number of methoxy groups -OCH3 is 1. The zero-order chi connectivity index (χ0) is 18.1. The zero-order valence-electron chi connectivity index (χ0n) is 15.2. The van der Waals surface area contributed by atoms with Crippen molar-refractivity contribution in [1.82, 2.24) is 19.7 Å². The smallest absolute Gasteiger partial charge is 0.212 e. The van der Waals surface area contributed by atoms with Crippen molar-refractivity contribution in [3.05, 3.63) is 53.6 Å². The second-order valence-electron chi connectivity index (χ2n) is 6.60. The Kier molecular flexibility index (Phi) is 4.36. The van der Waals surface area contributed by atoms with Crippen LogP contribution in [0.25, 0.3) is 0 Å². The van der Waals surface area contributed by atoms with Crippen LogP contribution < -0.4 is 9.47 Å². The predicted molar refractivity (Wildman–Crippen MR) is 94.4 cm³/mol. The average Bonchev–Trinajstić information content (AvgIpc) is 3.17. The van der Waals surface area contributed by atoms with Gasteiger partial charge in [-0.2, -0.15) is 5.10 Å². The molecule has 0 spiro atoms. The van der Waals surface area contributed by atoms with Crippen LogP contribution in [0.2, 0.25) is 0 Å². The van der Waals surface area contributed by atoms with Gasteiger partial charge in [0.2, 0.25) is 5.88 Å². The highest BCUT2D eigenvalue weighted by Crippen LogP contribution is 2.46. The lowest BCUT2D eigenvalue weighted by atomic mass is 10.2. The summed E-state index contributed by atoms with van der Waals surface area (Å²) < 4.78 is 18.6. The topological polar surface area (TPSA) is 75.2 Å². The van der Waals surface area contributed by atoms with Crippen LogP contribution in [0, 0.1) is 19.8 Å². The maximum Gasteiger partial charge on any atom is 0.212 e. The van der Waals surface area contributed by atoms with Crippen molar-refractivity contribution >= 4 is 0 Å². The van der Waals surface area contributed by atoms with E-state index in [4.69, 9.17) is 13.9 Å². The van der Waals surface area contributed by atoms with Crippen molar-refractivity contribution in [1.29, 1.82) is 0 Å². The molecule has 0 N–H and O–H groups in total. The average molecular weight is 354 g/mol. The Morgan fingerprint density at radius 2 is 2.15 bits per heavy atom. The number of hydrogen-bond acceptors (Lipinski definition) is 6. The fourth-order valence-electron chi connectivity index (χ4n) is 3.14. The Hall–Kier alpha value is -2.83. The van der Waals surface area contributed by atoms with Crippen molar-refractivity contribution in [2.45, 2.75) is 32.7 Å². The predicted octanol–water partition coefficient (Wildman–Crippen LogP) is 3.12. The van der Waals surface area contributed by atoms with Gasteiger partial charge in [0.25, 0.3) is 0 Å². The van der Waals surface area contributed by atoms with Gasteiger partial charge in [0, 0.05) is 30.5 Å². The monoisotopic (exact) mass is 354 g/mol. The van der Waals surface area contributed by atoms with Crippen LogP contribution in [0.4, 0.5) is 0 Å². The lowest BCUT2D eigenvalue weighted by Crippen LogP contribution is -2.09. The molecular formula is C19H22N4O3. The molecule has 7 nitrogen and oxygen atoms in total. The number of aromatic nitrogens is 4. The molecule has 0 amide bonds. The van der Waals surface area contributed by atoms with E-state index in [1.165, 1.54) is 0 Å². The summed E-state index contributed by atoms with van der Waals surface area (Å²) in [4.78, 5) is 8.77. The van der Waals surface area contributed by atoms with Crippen molar-refractivity contribution in [3.8, 4) is 11.6 Å². The van der Waals surface area contributed by atoms with E-state index in [0.717, 1.165) is 35.2 Å². The SMILES string of the molecule is COc1ccc(C2CC2COc2ccnn2Cc2oc(C)nc2C)nc1. The zero-order valence-corrected chi connectivity index (χ0v) is 15.2. The second kappa shape index (κ2) is 6.82. The largest absolute Gasteiger partial charge is 0.495 e. The number of pyridine rings is 1. The molecule has 1 saturated carbocycles. The Bertz CT molecular complexity index is 885. The molecule has 0 radical (unpaired) electrons. The molecule has 7 heteroatoms. The number of hydrogen-bond donors (Lipinski definition) is 0. The molecule has 0 saturated heterocycles. The minimum Gasteiger partial charge on any atom is -0.495 e. The third-order valence-corrected chi connectivity index (χ3v) is 4.71. The fourth-order valence-corrected chi connectivity index (χ4v) is 3.14. The van der Waals surface area contributed by atoms with Crippen molar-refractivity contribution in [3.63, 3.8) is 0 Å². The number of nitrogens with zero attached hydrogens (tertiary/aromatic N) is 4. The molecule has 0 bridgehead atoms. The first kappa shape index (κ1) is 16.6. The van der Waals surface area contributed by atoms with Crippen LogP contribution in [0.15, 0.2) is 35.0 Å². The van der Waals surface area contributed by atoms with E-state index in [-0.39, 0.29) is 0 Å². The summed E-state index contributed by atoms with van der Waals surface area (Å²) in [5, 5.41) is 4.33. The van der Waals surface area contributed by atoms with Crippen molar-refractivity contribution < 1.29 is 13.9 Å². The molecule has 26 heavy (non-hydrogen) atoms. The van der Waals surface area contributed by atoms with E-state index in [0.29, 0.717) is 30.9 Å². The summed E-state index contributed by atoms with van der Waals surface area (Å²) >= 11 is 0. The molecule has 3 aromatic heterocycles. The lowest BCUT2D eigenvalue weighted by molar-refractivity contribution is 0.266. The van der Waals surface area contributed by atoms with Gasteiger partial charge in [-0.1, -0.05) is 0 Å². The van der Waals surface area contributed by atoms with Gasteiger partial charge in [0.15, 0.2) is 5.89 Å². The first-order valence-electron chi connectivity index (χ1n) is 8.71. The van der Waals surface area contributed by atoms with Gasteiger partial charge < -0.3 is 13.9 Å². The molecule has 1 aliphatic rings. The van der Waals surface area contributed by atoms with Gasteiger partial charge in [-0.25, -0.2) is 9.67 Å². The Balaban J connectivity index is 1.35. The molecule has 0 aromatic carbocycles. The Morgan fingerprint density at radius 3 is 2.85 bits per heavy atom. The quantitative estimate of drug-likeness (QED) is 0.649. The van der Waals surface area contributed by atoms with Crippen LogP contribution in [-0.2, 0) is 6.54 Å². The molecule has 1 fully saturated rings. The summed E-state index contributed by atoms with van der Waals surface area (Å²) in [7, 11) is 1.65. The van der Waals surface area contributed by atoms with Crippen LogP contribution >= 0.6 is 0 Å². The van der Waals surface area contributed by atoms with E-state index in [2.05, 4.69) is 15.1 Å². The second-order valence-corrected chi connectivity index (χ2v) is 6.60. The molecular weight excluding hydrogens is 332 g/mol. The highest BCUT2D eigenvalue weighted by atomic mass is 16.5. The number of rotatable bonds is 7. The highest BCUT2D eigenvalue weighted by molar-refractivity contribution is 5.25. The summed E-state index contributed by atoms with van der Waals surface area (Å²) in [5.74, 6) is 3.93. The molecule has 4 rings (SSSR count). The van der Waals surface area contributed by atoms with Crippen molar-refractivity contribution in [2.75, 3.05) is 13.7 Å². The maximum atomic E-state index is 6.00. The van der Waals surface area contributed by atoms with Crippen LogP contribution in [0.3, 0.4) is 0 Å². The standard InChI is InChI=1S/C19H22N4O3/c1-12-18(26-13(2)22-12)10-23-19(6-7-21-23)25-11-14-8-16(14)17-5-4-15(24-3)9-20-17/h4-7,9,14,16H,8,10-11H2,1-3H3. The Labute approximate surface area is 152 Å². The van der Waals surface area contributed by atoms with Crippen LogP contribution in [-0.4, -0.2) is 33.5 Å². The maximum absolute atomic E-state index is 6.00. The minimum absolute atomic E-state index is 0.455. The van der Waals surface area contributed by atoms with Crippen LogP contribution in [0.5, 0.6) is 11.6 Å². The molecule has 136 valence electrons. The van der Waals surface area contributed by atoms with E-state index in [1.807, 2.05) is 32.0 Å². The summed E-state index contributed by atoms with van der Waals surface area (Å²) in [6.07, 6.45) is 4.60. The third kappa shape index (κ3) is 3.42. The molecule has 2 atom stereocenters. The van der Waals surface area contributed by atoms with E-state index >= 15 is 0 Å². The number of aryl methyl sites for hydroxylation is 2. The first-order chi connectivity index (χ1) is 12.6. The molecule has 0 aliphatic heterocycles. The minimum atomic E-state index is 0.455. The van der Waals surface area contributed by atoms with Crippen LogP contribution in [0.1, 0.15) is 35.4 Å². The first-order valence-corrected chi connectivity index (χ1v) is 8.71. The summed E-state index contributed by atoms with van der Waals surface area (Å²) in [6, 6.07) is 5.86. The van der Waals surface area contributed by atoms with E-state index in [1.54, 1.807) is 24.2 Å². The molecule has 3 heterocycles. The van der Waals surface area contributed by atoms with Gasteiger partial charge in [0.05, 0.1) is 31.8 Å². The molecule has 1 aliphatic carbocycles. The molecule has 2 unspecified atom stereocenters. The van der Waals surface area contributed by atoms with E-state index in [9.17, 15) is 0 Å². The third-order valence-electron chi connectivity index (χ3n) is 4.71. The van der Waals surface area contributed by atoms with Gasteiger partial charge in [-0.05, 0) is 25.5 Å². The Morgan fingerprint density at radius 1 is 1.27 bits per heavy atom. The lowest BCUT2D eigenvalue weighted by Gasteiger charge is -2.08. The van der Waals surface area contributed by atoms with Gasteiger partial charge in [-0.15, -0.1) is 0 Å². The van der Waals surface area contributed by atoms with E-state index < -0.39 is 0 Å². The highest BCUT2D eigenvalue weighted by Gasteiger charge is 2.40. The van der Waals surface area contributed by atoms with Gasteiger partial charge in [-0.3, -0.25) is 4.98 Å². The number of ether oxygens (including phenoxy) is 2.